The van der Waals surface area contributed by atoms with Crippen LogP contribution in [0.1, 0.15) is 0 Å². The maximum Gasteiger partial charge on any atom is 0.469 e. The molecule has 352 valence electrons. The van der Waals surface area contributed by atoms with Gasteiger partial charge in [-0.15, -0.1) is 0 Å². The van der Waals surface area contributed by atoms with Gasteiger partial charge in [0.15, 0.2) is 31.5 Å². The van der Waals surface area contributed by atoms with E-state index in [4.69, 9.17) is 42.6 Å². The minimum absolute atomic E-state index is 0.861. The van der Waals surface area contributed by atoms with Crippen LogP contribution in [0.5, 0.6) is 0 Å². The summed E-state index contributed by atoms with van der Waals surface area (Å²) in [4.78, 5) is 18.6. The first kappa shape index (κ1) is 50.1. The topological polar surface area (TPSA) is 474 Å². The lowest BCUT2D eigenvalue weighted by Gasteiger charge is -2.49. The third kappa shape index (κ3) is 10.8. The van der Waals surface area contributed by atoms with Crippen molar-refractivity contribution in [3.8, 4) is 0 Å². The number of hydrogen-bond donors (Lipinski definition) is 18. The molecule has 0 aromatic rings. The Bertz CT molecular complexity index is 1380. The fourth-order valence-corrected chi connectivity index (χ4v) is 7.53. The van der Waals surface area contributed by atoms with Crippen LogP contribution in [-0.2, 0) is 51.7 Å². The van der Waals surface area contributed by atoms with Crippen LogP contribution in [0.3, 0.4) is 0 Å². The minimum atomic E-state index is -5.28. The van der Waals surface area contributed by atoms with Gasteiger partial charge >= 0.3 is 7.82 Å². The maximum atomic E-state index is 11.6. The second-order valence-corrected chi connectivity index (χ2v) is 15.8. The molecule has 18 N–H and O–H groups in total. The Hall–Kier alpha value is -0.890. The molecule has 0 spiro atoms. The average molecular weight is 909 g/mol. The standard InChI is InChI=1S/C30H53O29P/c31-1-6-11(35)12(36)18(42)27(52-6)59-25-10(5-50-60(47,48)49)55-30(21(45)16(25)40)58-24-9(4-34)54-29(20(44)15(24)39)57-23-8(3-33)53-28(19(43)14(23)38)56-22-7(2-32)51-26(46)17(41)13(22)37/h6-46H,1-5H2,(H2,47,48,49)/t6-,7-,8-,9-,10-,11-,12+,13-,14-,15-,16-,17-,18-,19-,20-,21-,22-,23-,24-,25-,26?,27-,28-,29-,30-/m1/s1. The van der Waals surface area contributed by atoms with Crippen molar-refractivity contribution in [1.29, 1.82) is 0 Å². The quantitative estimate of drug-likeness (QED) is 0.0678. The Morgan fingerprint density at radius 1 is 0.367 bits per heavy atom. The molecule has 5 aliphatic heterocycles. The summed E-state index contributed by atoms with van der Waals surface area (Å²) in [7, 11) is -5.28. The highest BCUT2D eigenvalue weighted by molar-refractivity contribution is 7.46. The third-order valence-electron chi connectivity index (χ3n) is 10.5. The summed E-state index contributed by atoms with van der Waals surface area (Å²) in [5, 5.41) is 166. The van der Waals surface area contributed by atoms with Crippen molar-refractivity contribution in [2.45, 2.75) is 154 Å². The predicted octanol–water partition coefficient (Wildman–Crippen LogP) is -11.8. The number of phosphoric ester groups is 1. The van der Waals surface area contributed by atoms with Gasteiger partial charge in [0.1, 0.15) is 122 Å². The van der Waals surface area contributed by atoms with E-state index < -0.39 is 194 Å². The van der Waals surface area contributed by atoms with E-state index in [9.17, 15) is 96.1 Å². The van der Waals surface area contributed by atoms with Crippen LogP contribution in [0, 0.1) is 0 Å². The Kier molecular flexibility index (Phi) is 17.5. The summed E-state index contributed by atoms with van der Waals surface area (Å²) < 4.78 is 65.1. The molecule has 0 radical (unpaired) electrons. The molecule has 30 heteroatoms. The van der Waals surface area contributed by atoms with Gasteiger partial charge in [-0.25, -0.2) is 4.57 Å². The van der Waals surface area contributed by atoms with Crippen molar-refractivity contribution in [2.75, 3.05) is 33.0 Å². The summed E-state index contributed by atoms with van der Waals surface area (Å²) >= 11 is 0. The van der Waals surface area contributed by atoms with Crippen molar-refractivity contribution < 1.29 is 143 Å². The highest BCUT2D eigenvalue weighted by atomic mass is 31.2. The van der Waals surface area contributed by atoms with Gasteiger partial charge in [-0.05, 0) is 0 Å². The number of hydrogen-bond acceptors (Lipinski definition) is 27. The molecule has 0 saturated carbocycles. The van der Waals surface area contributed by atoms with Gasteiger partial charge in [-0.1, -0.05) is 0 Å². The lowest BCUT2D eigenvalue weighted by molar-refractivity contribution is -0.392. The van der Waals surface area contributed by atoms with Crippen LogP contribution in [0.15, 0.2) is 0 Å². The van der Waals surface area contributed by atoms with E-state index in [1.54, 1.807) is 0 Å². The zero-order chi connectivity index (χ0) is 44.5. The lowest BCUT2D eigenvalue weighted by Crippen LogP contribution is -2.68. The van der Waals surface area contributed by atoms with Crippen molar-refractivity contribution >= 4 is 7.82 Å². The van der Waals surface area contributed by atoms with E-state index >= 15 is 0 Å². The predicted molar refractivity (Wildman–Crippen MR) is 177 cm³/mol. The van der Waals surface area contributed by atoms with E-state index in [2.05, 4.69) is 4.52 Å². The third-order valence-corrected chi connectivity index (χ3v) is 11.0. The van der Waals surface area contributed by atoms with Gasteiger partial charge in [0, 0.05) is 0 Å². The molecule has 60 heavy (non-hydrogen) atoms. The van der Waals surface area contributed by atoms with Gasteiger partial charge in [-0.2, -0.15) is 0 Å². The molecule has 0 aromatic heterocycles. The first-order valence-corrected chi connectivity index (χ1v) is 19.9. The molecule has 29 nitrogen and oxygen atoms in total. The zero-order valence-corrected chi connectivity index (χ0v) is 31.9. The smallest absolute Gasteiger partial charge is 0.394 e. The highest BCUT2D eigenvalue weighted by Crippen LogP contribution is 2.39. The molecular formula is C30H53O29P. The van der Waals surface area contributed by atoms with Crippen LogP contribution in [0.4, 0.5) is 0 Å². The lowest BCUT2D eigenvalue weighted by atomic mass is 9.95. The van der Waals surface area contributed by atoms with Crippen molar-refractivity contribution in [3.63, 3.8) is 0 Å². The van der Waals surface area contributed by atoms with Crippen LogP contribution in [0.25, 0.3) is 0 Å². The number of ether oxygens (including phenoxy) is 9. The molecule has 0 aliphatic carbocycles. The molecular weight excluding hydrogens is 855 g/mol. The Balaban J connectivity index is 1.27. The average Bonchev–Trinajstić information content (AvgIpc) is 3.21. The first-order chi connectivity index (χ1) is 28.2. The normalized spacial score (nSPS) is 50.7. The number of phosphoric acid groups is 1. The van der Waals surface area contributed by atoms with Crippen molar-refractivity contribution in [1.82, 2.24) is 0 Å². The minimum Gasteiger partial charge on any atom is -0.394 e. The fraction of sp³-hybridized carbons (Fsp3) is 1.00. The van der Waals surface area contributed by atoms with E-state index in [-0.39, 0.29) is 0 Å². The molecule has 5 fully saturated rings. The highest BCUT2D eigenvalue weighted by Gasteiger charge is 2.56. The molecule has 5 aliphatic rings. The van der Waals surface area contributed by atoms with E-state index in [0.717, 1.165) is 0 Å². The zero-order valence-electron chi connectivity index (χ0n) is 31.0. The Morgan fingerprint density at radius 2 is 0.667 bits per heavy atom. The molecule has 0 bridgehead atoms. The molecule has 5 saturated heterocycles. The molecule has 0 amide bonds. The summed E-state index contributed by atoms with van der Waals surface area (Å²) in [5.41, 5.74) is 0. The number of aliphatic hydroxyl groups is 16. The summed E-state index contributed by atoms with van der Waals surface area (Å²) in [6.07, 6.45) is -48.3. The van der Waals surface area contributed by atoms with Crippen molar-refractivity contribution in [3.05, 3.63) is 0 Å². The summed E-state index contributed by atoms with van der Waals surface area (Å²) in [5.74, 6) is 0. The maximum absolute atomic E-state index is 11.6. The van der Waals surface area contributed by atoms with Gasteiger partial charge in [0.2, 0.25) is 0 Å². The van der Waals surface area contributed by atoms with Crippen LogP contribution >= 0.6 is 7.82 Å². The van der Waals surface area contributed by atoms with Gasteiger partial charge in [-0.3, -0.25) is 4.52 Å². The second kappa shape index (κ2) is 21.0. The van der Waals surface area contributed by atoms with Crippen molar-refractivity contribution in [2.24, 2.45) is 0 Å². The molecule has 25 atom stereocenters. The van der Waals surface area contributed by atoms with E-state index in [1.807, 2.05) is 0 Å². The molecule has 5 rings (SSSR count). The molecule has 5 heterocycles. The first-order valence-electron chi connectivity index (χ1n) is 18.4. The fourth-order valence-electron chi connectivity index (χ4n) is 7.19. The number of aliphatic hydroxyl groups excluding tert-OH is 16. The number of rotatable bonds is 15. The monoisotopic (exact) mass is 908 g/mol. The van der Waals surface area contributed by atoms with E-state index in [1.165, 1.54) is 0 Å². The van der Waals surface area contributed by atoms with Crippen LogP contribution in [0.2, 0.25) is 0 Å². The van der Waals surface area contributed by atoms with Gasteiger partial charge < -0.3 is 134 Å². The largest absolute Gasteiger partial charge is 0.469 e. The molecule has 0 aromatic carbocycles. The SMILES string of the molecule is O=P(O)(O)OC[C@H]1O[C@H](O[C@H]2[C@H](O)[C@@H](O)[C@@H](O[C@H]3[C@H](O)[C@@H](O)[C@@H](O[C@H]4[C@H](O)[C@@H](O)C(O)O[C@@H]4CO)O[C@@H]3CO)O[C@@H]2CO)[C@H](O)[C@@H](O)[C@@H]1O[C@H]1O[C@H](CO)[C@@H](O)[C@H](O)[C@H]1O. The summed E-state index contributed by atoms with van der Waals surface area (Å²) in [6.45, 7) is -4.94. The Labute approximate surface area is 337 Å². The van der Waals surface area contributed by atoms with Gasteiger partial charge in [0.25, 0.3) is 0 Å². The second-order valence-electron chi connectivity index (χ2n) is 14.6. The van der Waals surface area contributed by atoms with Gasteiger partial charge in [0.05, 0.1) is 33.0 Å². The summed E-state index contributed by atoms with van der Waals surface area (Å²) in [6, 6.07) is 0. The van der Waals surface area contributed by atoms with Crippen LogP contribution < -0.4 is 0 Å². The Morgan fingerprint density at radius 3 is 1.03 bits per heavy atom. The van der Waals surface area contributed by atoms with E-state index in [0.29, 0.717) is 0 Å². The molecule has 1 unspecified atom stereocenters. The van der Waals surface area contributed by atoms with Crippen LogP contribution in [-0.4, -0.2) is 278 Å².